The zero-order valence-electron chi connectivity index (χ0n) is 11.5. The first kappa shape index (κ1) is 15.0. The van der Waals surface area contributed by atoms with Gasteiger partial charge in [0.1, 0.15) is 0 Å². The Morgan fingerprint density at radius 2 is 1.50 bits per heavy atom. The Morgan fingerprint density at radius 3 is 1.83 bits per heavy atom. The normalized spacial score (nSPS) is 13.8. The van der Waals surface area contributed by atoms with Gasteiger partial charge in [-0.2, -0.15) is 13.2 Å². The van der Waals surface area contributed by atoms with Gasteiger partial charge in [-0.25, -0.2) is 0 Å². The number of aryl methyl sites for hydroxylation is 2. The monoisotopic (exact) mass is 259 g/mol. The summed E-state index contributed by atoms with van der Waals surface area (Å²) in [6, 6.07) is 1.35. The lowest BCUT2D eigenvalue weighted by Gasteiger charge is -2.24. The summed E-state index contributed by atoms with van der Waals surface area (Å²) in [4.78, 5) is 0. The lowest BCUT2D eigenvalue weighted by molar-refractivity contribution is -0.140. The first-order chi connectivity index (χ1) is 8.17. The van der Waals surface area contributed by atoms with Crippen LogP contribution in [0.4, 0.5) is 13.2 Å². The molecule has 0 heterocycles. The summed E-state index contributed by atoms with van der Waals surface area (Å²) >= 11 is 0. The van der Waals surface area contributed by atoms with Crippen molar-refractivity contribution in [2.75, 3.05) is 7.05 Å². The quantitative estimate of drug-likeness (QED) is 0.860. The minimum atomic E-state index is -4.16. The SMILES string of the molecule is CNC(CC(F)(F)F)c1c(C)c(C)cc(C)c1C. The van der Waals surface area contributed by atoms with Gasteiger partial charge >= 0.3 is 6.18 Å². The Balaban J connectivity index is 3.29. The highest BCUT2D eigenvalue weighted by Gasteiger charge is 2.33. The van der Waals surface area contributed by atoms with Gasteiger partial charge in [-0.1, -0.05) is 6.07 Å². The van der Waals surface area contributed by atoms with E-state index in [-0.39, 0.29) is 0 Å². The van der Waals surface area contributed by atoms with Gasteiger partial charge < -0.3 is 5.32 Å². The van der Waals surface area contributed by atoms with E-state index in [1.165, 1.54) is 0 Å². The van der Waals surface area contributed by atoms with Crippen molar-refractivity contribution in [3.05, 3.63) is 33.9 Å². The standard InChI is InChI=1S/C14H20F3N/c1-8-6-9(2)11(4)13(10(8)3)12(18-5)7-14(15,16)17/h6,12,18H,7H2,1-5H3. The predicted octanol–water partition coefficient (Wildman–Crippen LogP) is 4.13. The highest BCUT2D eigenvalue weighted by molar-refractivity contribution is 5.45. The fourth-order valence-electron chi connectivity index (χ4n) is 2.35. The maximum atomic E-state index is 12.6. The molecule has 1 unspecified atom stereocenters. The van der Waals surface area contributed by atoms with Gasteiger partial charge in [0.05, 0.1) is 6.42 Å². The summed E-state index contributed by atoms with van der Waals surface area (Å²) in [5, 5.41) is 2.79. The molecule has 0 aliphatic rings. The molecule has 0 radical (unpaired) electrons. The molecule has 0 saturated heterocycles. The second-order valence-corrected chi connectivity index (χ2v) is 4.83. The van der Waals surface area contributed by atoms with Crippen LogP contribution in [0.1, 0.15) is 40.3 Å². The molecule has 1 nitrogen and oxygen atoms in total. The van der Waals surface area contributed by atoms with Crippen LogP contribution in [0.25, 0.3) is 0 Å². The summed E-state index contributed by atoms with van der Waals surface area (Å²) in [7, 11) is 1.58. The maximum absolute atomic E-state index is 12.6. The number of hydrogen-bond donors (Lipinski definition) is 1. The van der Waals surface area contributed by atoms with Crippen molar-refractivity contribution < 1.29 is 13.2 Å². The lowest BCUT2D eigenvalue weighted by Crippen LogP contribution is -2.25. The van der Waals surface area contributed by atoms with E-state index in [4.69, 9.17) is 0 Å². The molecule has 0 bridgehead atoms. The van der Waals surface area contributed by atoms with E-state index >= 15 is 0 Å². The number of alkyl halides is 3. The van der Waals surface area contributed by atoms with Gasteiger partial charge in [0.2, 0.25) is 0 Å². The predicted molar refractivity (Wildman–Crippen MR) is 67.9 cm³/mol. The molecule has 0 saturated carbocycles. The molecule has 4 heteroatoms. The van der Waals surface area contributed by atoms with Crippen LogP contribution in [-0.4, -0.2) is 13.2 Å². The minimum absolute atomic E-state index is 0.677. The Labute approximate surface area is 106 Å². The van der Waals surface area contributed by atoms with Crippen LogP contribution in [-0.2, 0) is 0 Å². The molecular formula is C14H20F3N. The average Bonchev–Trinajstić information content (AvgIpc) is 2.23. The first-order valence-corrected chi connectivity index (χ1v) is 5.98. The van der Waals surface area contributed by atoms with Crippen molar-refractivity contribution in [1.82, 2.24) is 5.32 Å². The van der Waals surface area contributed by atoms with E-state index < -0.39 is 18.6 Å². The molecule has 18 heavy (non-hydrogen) atoms. The largest absolute Gasteiger partial charge is 0.390 e. The molecule has 0 spiro atoms. The second-order valence-electron chi connectivity index (χ2n) is 4.83. The highest BCUT2D eigenvalue weighted by atomic mass is 19.4. The zero-order chi connectivity index (χ0) is 14.1. The lowest BCUT2D eigenvalue weighted by atomic mass is 9.88. The van der Waals surface area contributed by atoms with Crippen LogP contribution < -0.4 is 5.32 Å². The Bertz CT molecular complexity index is 409. The number of nitrogens with one attached hydrogen (secondary N) is 1. The van der Waals surface area contributed by atoms with Crippen molar-refractivity contribution in [2.45, 2.75) is 46.3 Å². The third-order valence-corrected chi connectivity index (χ3v) is 3.56. The van der Waals surface area contributed by atoms with Crippen LogP contribution in [0.5, 0.6) is 0 Å². The van der Waals surface area contributed by atoms with Crippen LogP contribution in [0.15, 0.2) is 6.07 Å². The summed E-state index contributed by atoms with van der Waals surface area (Å²) in [5.41, 5.74) is 4.75. The van der Waals surface area contributed by atoms with E-state index in [9.17, 15) is 13.2 Å². The van der Waals surface area contributed by atoms with Crippen LogP contribution in [0, 0.1) is 27.7 Å². The summed E-state index contributed by atoms with van der Waals surface area (Å²) in [6.07, 6.45) is -5.00. The summed E-state index contributed by atoms with van der Waals surface area (Å²) in [6.45, 7) is 7.65. The topological polar surface area (TPSA) is 12.0 Å². The molecule has 0 fully saturated rings. The Hall–Kier alpha value is -1.03. The summed E-state index contributed by atoms with van der Waals surface area (Å²) < 4.78 is 37.8. The van der Waals surface area contributed by atoms with E-state index in [1.807, 2.05) is 33.8 Å². The van der Waals surface area contributed by atoms with Gasteiger partial charge in [-0.3, -0.25) is 0 Å². The smallest absolute Gasteiger partial charge is 0.313 e. The molecule has 0 amide bonds. The third-order valence-electron chi connectivity index (χ3n) is 3.56. The molecule has 0 aliphatic carbocycles. The molecule has 1 N–H and O–H groups in total. The van der Waals surface area contributed by atoms with Crippen LogP contribution in [0.2, 0.25) is 0 Å². The molecule has 102 valence electrons. The number of benzene rings is 1. The molecule has 1 rings (SSSR count). The first-order valence-electron chi connectivity index (χ1n) is 5.98. The third kappa shape index (κ3) is 3.25. The van der Waals surface area contributed by atoms with Gasteiger partial charge in [-0.15, -0.1) is 0 Å². The zero-order valence-corrected chi connectivity index (χ0v) is 11.5. The van der Waals surface area contributed by atoms with Crippen molar-refractivity contribution in [3.63, 3.8) is 0 Å². The molecular weight excluding hydrogens is 239 g/mol. The highest BCUT2D eigenvalue weighted by Crippen LogP contribution is 2.34. The number of hydrogen-bond acceptors (Lipinski definition) is 1. The summed E-state index contributed by atoms with van der Waals surface area (Å²) in [5.74, 6) is 0. The maximum Gasteiger partial charge on any atom is 0.390 e. The van der Waals surface area contributed by atoms with Crippen LogP contribution in [0.3, 0.4) is 0 Å². The second kappa shape index (κ2) is 5.31. The van der Waals surface area contributed by atoms with Crippen LogP contribution >= 0.6 is 0 Å². The van der Waals surface area contributed by atoms with E-state index in [0.717, 1.165) is 27.8 Å². The molecule has 1 atom stereocenters. The van der Waals surface area contributed by atoms with E-state index in [1.54, 1.807) is 7.05 Å². The Morgan fingerprint density at radius 1 is 1.06 bits per heavy atom. The molecule has 0 aromatic heterocycles. The number of halogens is 3. The minimum Gasteiger partial charge on any atom is -0.313 e. The number of rotatable bonds is 3. The van der Waals surface area contributed by atoms with Crippen molar-refractivity contribution in [3.8, 4) is 0 Å². The van der Waals surface area contributed by atoms with Gasteiger partial charge in [0, 0.05) is 6.04 Å². The fourth-order valence-corrected chi connectivity index (χ4v) is 2.35. The molecule has 1 aromatic rings. The van der Waals surface area contributed by atoms with Gasteiger partial charge in [-0.05, 0) is 62.6 Å². The molecule has 0 aliphatic heterocycles. The van der Waals surface area contributed by atoms with Gasteiger partial charge in [0.25, 0.3) is 0 Å². The van der Waals surface area contributed by atoms with Crippen molar-refractivity contribution >= 4 is 0 Å². The fraction of sp³-hybridized carbons (Fsp3) is 0.571. The van der Waals surface area contributed by atoms with Gasteiger partial charge in [0.15, 0.2) is 0 Å². The van der Waals surface area contributed by atoms with E-state index in [0.29, 0.717) is 0 Å². The average molecular weight is 259 g/mol. The van der Waals surface area contributed by atoms with E-state index in [2.05, 4.69) is 5.32 Å². The Kier molecular flexibility index (Phi) is 4.43. The molecule has 1 aromatic carbocycles. The van der Waals surface area contributed by atoms with Crippen molar-refractivity contribution in [2.24, 2.45) is 0 Å². The van der Waals surface area contributed by atoms with Crippen molar-refractivity contribution in [1.29, 1.82) is 0 Å².